The number of hydrogen-bond acceptors (Lipinski definition) is 5. The molecule has 2 aromatic carbocycles. The van der Waals surface area contributed by atoms with Gasteiger partial charge in [0.25, 0.3) is 0 Å². The van der Waals surface area contributed by atoms with Gasteiger partial charge in [0.05, 0.1) is 33.3 Å². The van der Waals surface area contributed by atoms with E-state index in [1.165, 1.54) is 0 Å². The van der Waals surface area contributed by atoms with Gasteiger partial charge in [0.1, 0.15) is 5.82 Å². The molecule has 0 saturated carbocycles. The third kappa shape index (κ3) is 4.78. The molecule has 5 rings (SSSR count). The van der Waals surface area contributed by atoms with Gasteiger partial charge in [0, 0.05) is 37.9 Å². The largest absolute Gasteiger partial charge is 0.328 e. The summed E-state index contributed by atoms with van der Waals surface area (Å²) in [7, 11) is -3.51. The molecule has 1 saturated heterocycles. The summed E-state index contributed by atoms with van der Waals surface area (Å²) in [6, 6.07) is 14.9. The minimum absolute atomic E-state index is 0.116. The minimum Gasteiger partial charge on any atom is -0.328 e. The van der Waals surface area contributed by atoms with E-state index >= 15 is 0 Å². The highest BCUT2D eigenvalue weighted by Gasteiger charge is 2.28. The average molecular weight is 492 g/mol. The third-order valence-electron chi connectivity index (χ3n) is 6.40. The van der Waals surface area contributed by atoms with Crippen molar-refractivity contribution < 1.29 is 13.2 Å². The minimum atomic E-state index is -3.51. The summed E-state index contributed by atoms with van der Waals surface area (Å²) >= 11 is 0. The molecule has 8 nitrogen and oxygen atoms in total. The molecule has 3 heterocycles. The van der Waals surface area contributed by atoms with E-state index in [0.29, 0.717) is 30.7 Å². The maximum atomic E-state index is 13.0. The number of hydrogen-bond donors (Lipinski definition) is 1. The van der Waals surface area contributed by atoms with Crippen LogP contribution in [0.3, 0.4) is 0 Å². The summed E-state index contributed by atoms with van der Waals surface area (Å²) in [5.41, 5.74) is 3.08. The van der Waals surface area contributed by atoms with Gasteiger partial charge < -0.3 is 9.88 Å². The monoisotopic (exact) mass is 491 g/mol. The zero-order valence-electron chi connectivity index (χ0n) is 19.8. The number of anilines is 1. The second kappa shape index (κ2) is 9.75. The lowest BCUT2D eigenvalue weighted by Crippen LogP contribution is -2.27. The average Bonchev–Trinajstić information content (AvgIpc) is 3.52. The molecular formula is C26H29N5O3S. The summed E-state index contributed by atoms with van der Waals surface area (Å²) in [5.74, 6) is 0.666. The molecule has 1 aliphatic rings. The van der Waals surface area contributed by atoms with Crippen LogP contribution in [0.25, 0.3) is 21.9 Å². The van der Waals surface area contributed by atoms with Crippen molar-refractivity contribution in [2.45, 2.75) is 50.5 Å². The Morgan fingerprint density at radius 1 is 1.06 bits per heavy atom. The summed E-state index contributed by atoms with van der Waals surface area (Å²) in [5, 5.41) is 3.89. The van der Waals surface area contributed by atoms with Crippen molar-refractivity contribution in [1.82, 2.24) is 18.8 Å². The molecule has 1 amide bonds. The quantitative estimate of drug-likeness (QED) is 0.395. The van der Waals surface area contributed by atoms with Gasteiger partial charge in [0.2, 0.25) is 15.9 Å². The van der Waals surface area contributed by atoms with Gasteiger partial charge in [-0.1, -0.05) is 25.1 Å². The number of amides is 1. The first-order valence-corrected chi connectivity index (χ1v) is 13.5. The van der Waals surface area contributed by atoms with E-state index < -0.39 is 10.0 Å². The van der Waals surface area contributed by atoms with Gasteiger partial charge in [-0.3, -0.25) is 9.78 Å². The molecule has 1 fully saturated rings. The fourth-order valence-electron chi connectivity index (χ4n) is 4.65. The number of sulfonamides is 1. The Hall–Kier alpha value is -3.30. The van der Waals surface area contributed by atoms with Crippen LogP contribution in [0.4, 0.5) is 5.69 Å². The second-order valence-electron chi connectivity index (χ2n) is 8.91. The zero-order valence-corrected chi connectivity index (χ0v) is 20.6. The molecule has 35 heavy (non-hydrogen) atoms. The summed E-state index contributed by atoms with van der Waals surface area (Å²) in [6.07, 6.45) is 5.08. The first kappa shape index (κ1) is 23.4. The van der Waals surface area contributed by atoms with Gasteiger partial charge in [0.15, 0.2) is 0 Å². The topological polar surface area (TPSA) is 97.2 Å². The number of benzene rings is 2. The predicted molar refractivity (Wildman–Crippen MR) is 137 cm³/mol. The Kier molecular flexibility index (Phi) is 6.53. The summed E-state index contributed by atoms with van der Waals surface area (Å²) in [6.45, 7) is 3.97. The van der Waals surface area contributed by atoms with Gasteiger partial charge in [-0.2, -0.15) is 4.31 Å². The molecule has 1 aliphatic heterocycles. The van der Waals surface area contributed by atoms with Crippen molar-refractivity contribution in [3.8, 4) is 0 Å². The van der Waals surface area contributed by atoms with Crippen molar-refractivity contribution in [2.24, 2.45) is 0 Å². The van der Waals surface area contributed by atoms with E-state index in [-0.39, 0.29) is 17.2 Å². The lowest BCUT2D eigenvalue weighted by molar-refractivity contribution is -0.116. The van der Waals surface area contributed by atoms with Gasteiger partial charge in [-0.15, -0.1) is 0 Å². The van der Waals surface area contributed by atoms with Gasteiger partial charge in [-0.25, -0.2) is 13.4 Å². The molecule has 0 radical (unpaired) electrons. The molecular weight excluding hydrogens is 462 g/mol. The van der Waals surface area contributed by atoms with Crippen LogP contribution in [0.5, 0.6) is 0 Å². The molecule has 0 aliphatic carbocycles. The van der Waals surface area contributed by atoms with Crippen LogP contribution in [-0.4, -0.2) is 46.3 Å². The molecule has 0 bridgehead atoms. The predicted octanol–water partition coefficient (Wildman–Crippen LogP) is 4.35. The van der Waals surface area contributed by atoms with Gasteiger partial charge >= 0.3 is 0 Å². The van der Waals surface area contributed by atoms with Crippen molar-refractivity contribution in [1.29, 1.82) is 0 Å². The van der Waals surface area contributed by atoms with Crippen molar-refractivity contribution in [2.75, 3.05) is 18.4 Å². The smallest absolute Gasteiger partial charge is 0.243 e. The maximum absolute atomic E-state index is 13.0. The number of carbonyl (C=O) groups is 1. The SMILES string of the molecule is CCCn1c(CCC(=O)Nc2cnc3ccccc3c2)nc2cc(S(=O)(=O)N3CCCC3)ccc21. The number of para-hydroxylation sites is 1. The zero-order chi connectivity index (χ0) is 24.4. The maximum Gasteiger partial charge on any atom is 0.243 e. The van der Waals surface area contributed by atoms with Crippen LogP contribution in [0.15, 0.2) is 59.6 Å². The van der Waals surface area contributed by atoms with E-state index in [1.54, 1.807) is 22.6 Å². The number of nitrogens with one attached hydrogen (secondary N) is 1. The Morgan fingerprint density at radius 2 is 1.86 bits per heavy atom. The highest BCUT2D eigenvalue weighted by Crippen LogP contribution is 2.26. The lowest BCUT2D eigenvalue weighted by Gasteiger charge is -2.15. The van der Waals surface area contributed by atoms with Crippen molar-refractivity contribution in [3.63, 3.8) is 0 Å². The molecule has 0 unspecified atom stereocenters. The molecule has 9 heteroatoms. The number of fused-ring (bicyclic) bond motifs is 2. The van der Waals surface area contributed by atoms with E-state index in [1.807, 2.05) is 36.4 Å². The lowest BCUT2D eigenvalue weighted by atomic mass is 10.2. The van der Waals surface area contributed by atoms with E-state index in [0.717, 1.165) is 48.1 Å². The van der Waals surface area contributed by atoms with Gasteiger partial charge in [-0.05, 0) is 49.6 Å². The molecule has 182 valence electrons. The Labute approximate surface area is 205 Å². The Morgan fingerprint density at radius 3 is 2.66 bits per heavy atom. The van der Waals surface area contributed by atoms with Crippen molar-refractivity contribution >= 4 is 43.6 Å². The molecule has 0 atom stereocenters. The number of nitrogens with zero attached hydrogens (tertiary/aromatic N) is 4. The molecule has 0 spiro atoms. The van der Waals surface area contributed by atoms with E-state index in [2.05, 4.69) is 21.8 Å². The highest BCUT2D eigenvalue weighted by atomic mass is 32.2. The van der Waals surface area contributed by atoms with Crippen molar-refractivity contribution in [3.05, 3.63) is 60.6 Å². The number of aromatic nitrogens is 3. The molecule has 2 aromatic heterocycles. The highest BCUT2D eigenvalue weighted by molar-refractivity contribution is 7.89. The summed E-state index contributed by atoms with van der Waals surface area (Å²) < 4.78 is 29.6. The van der Waals surface area contributed by atoms with Crippen LogP contribution >= 0.6 is 0 Å². The molecule has 4 aromatic rings. The fourth-order valence-corrected chi connectivity index (χ4v) is 6.19. The molecule has 1 N–H and O–H groups in total. The van der Waals surface area contributed by atoms with E-state index in [4.69, 9.17) is 4.98 Å². The van der Waals surface area contributed by atoms with Crippen LogP contribution in [-0.2, 0) is 27.8 Å². The second-order valence-corrected chi connectivity index (χ2v) is 10.8. The number of carbonyl (C=O) groups excluding carboxylic acids is 1. The number of aryl methyl sites for hydroxylation is 2. The number of imidazole rings is 1. The van der Waals surface area contributed by atoms with Crippen LogP contribution in [0.1, 0.15) is 38.4 Å². The number of pyridine rings is 1. The fraction of sp³-hybridized carbons (Fsp3) is 0.346. The third-order valence-corrected chi connectivity index (χ3v) is 8.29. The van der Waals surface area contributed by atoms with E-state index in [9.17, 15) is 13.2 Å². The standard InChI is InChI=1S/C26H29N5O3S/c1-2-13-31-24-10-9-21(35(33,34)30-14-5-6-15-30)17-23(24)29-25(31)11-12-26(32)28-20-16-19-7-3-4-8-22(19)27-18-20/h3-4,7-10,16-18H,2,5-6,11-15H2,1H3,(H,28,32). The van der Waals surface area contributed by atoms with Crippen LogP contribution in [0.2, 0.25) is 0 Å². The Bertz CT molecular complexity index is 1490. The number of rotatable bonds is 8. The first-order valence-electron chi connectivity index (χ1n) is 12.1. The normalized spacial score (nSPS) is 14.7. The summed E-state index contributed by atoms with van der Waals surface area (Å²) in [4.78, 5) is 22.1. The Balaban J connectivity index is 1.34. The van der Waals surface area contributed by atoms with Crippen LogP contribution < -0.4 is 5.32 Å². The van der Waals surface area contributed by atoms with Crippen LogP contribution in [0, 0.1) is 0 Å². The first-order chi connectivity index (χ1) is 17.0.